The summed E-state index contributed by atoms with van der Waals surface area (Å²) < 4.78 is 0. The molecule has 0 radical (unpaired) electrons. The lowest BCUT2D eigenvalue weighted by atomic mass is 9.53. The molecule has 2 saturated carbocycles. The van der Waals surface area contributed by atoms with E-state index in [9.17, 15) is 0 Å². The molecular weight excluding hydrogens is 132 g/mol. The van der Waals surface area contributed by atoms with Crippen LogP contribution in [0.25, 0.3) is 0 Å². The molecule has 0 aliphatic heterocycles. The first-order chi connectivity index (χ1) is 5.23. The molecule has 2 aliphatic rings. The summed E-state index contributed by atoms with van der Waals surface area (Å²) in [4.78, 5) is 0. The molecule has 0 saturated heterocycles. The lowest BCUT2D eigenvalue weighted by molar-refractivity contribution is -0.00914. The Kier molecular flexibility index (Phi) is 1.74. The molecule has 0 N–H and O–H groups in total. The average molecular weight is 152 g/mol. The van der Waals surface area contributed by atoms with Crippen molar-refractivity contribution in [3.05, 3.63) is 0 Å². The fourth-order valence-corrected chi connectivity index (χ4v) is 2.92. The Labute approximate surface area is 70.4 Å². The third-order valence-electron chi connectivity index (χ3n) is 4.39. The van der Waals surface area contributed by atoms with E-state index in [0.717, 1.165) is 17.3 Å². The van der Waals surface area contributed by atoms with Crippen molar-refractivity contribution in [1.82, 2.24) is 0 Å². The van der Waals surface area contributed by atoms with Crippen LogP contribution in [0.1, 0.15) is 52.4 Å². The molecule has 0 heterocycles. The summed E-state index contributed by atoms with van der Waals surface area (Å²) in [6.45, 7) is 4.87. The predicted molar refractivity (Wildman–Crippen MR) is 48.5 cm³/mol. The quantitative estimate of drug-likeness (QED) is 0.497. The Bertz CT molecular complexity index is 140. The monoisotopic (exact) mass is 152 g/mol. The summed E-state index contributed by atoms with van der Waals surface area (Å²) in [6, 6.07) is 0. The molecule has 0 aromatic rings. The van der Waals surface area contributed by atoms with Gasteiger partial charge in [-0.25, -0.2) is 0 Å². The maximum Gasteiger partial charge on any atom is -0.0271 e. The maximum atomic E-state index is 2.46. The van der Waals surface area contributed by atoms with Gasteiger partial charge in [-0.05, 0) is 42.9 Å². The largest absolute Gasteiger partial charge is 0.0625 e. The van der Waals surface area contributed by atoms with Crippen LogP contribution in [0.4, 0.5) is 0 Å². The van der Waals surface area contributed by atoms with Crippen molar-refractivity contribution in [1.29, 1.82) is 0 Å². The van der Waals surface area contributed by atoms with Crippen LogP contribution >= 0.6 is 0 Å². The van der Waals surface area contributed by atoms with Crippen molar-refractivity contribution in [2.45, 2.75) is 52.4 Å². The smallest absolute Gasteiger partial charge is 0.0271 e. The average Bonchev–Trinajstić information content (AvgIpc) is 2.03. The summed E-state index contributed by atoms with van der Waals surface area (Å²) >= 11 is 0. The fourth-order valence-electron chi connectivity index (χ4n) is 2.92. The molecule has 0 amide bonds. The second-order valence-corrected chi connectivity index (χ2v) is 4.98. The van der Waals surface area contributed by atoms with Crippen LogP contribution in [0.15, 0.2) is 0 Å². The molecule has 2 rings (SSSR count). The van der Waals surface area contributed by atoms with E-state index >= 15 is 0 Å². The van der Waals surface area contributed by atoms with Crippen molar-refractivity contribution >= 4 is 0 Å². The van der Waals surface area contributed by atoms with Crippen LogP contribution in [0.2, 0.25) is 0 Å². The Hall–Kier alpha value is 0. The van der Waals surface area contributed by atoms with Gasteiger partial charge in [0.2, 0.25) is 0 Å². The van der Waals surface area contributed by atoms with E-state index in [0.29, 0.717) is 0 Å². The SMILES string of the molecule is CC1CCC2(CC1)CC[C@@H]2C. The third-order valence-corrected chi connectivity index (χ3v) is 4.39. The van der Waals surface area contributed by atoms with Crippen molar-refractivity contribution in [2.24, 2.45) is 17.3 Å². The fraction of sp³-hybridized carbons (Fsp3) is 1.00. The molecule has 64 valence electrons. The van der Waals surface area contributed by atoms with Gasteiger partial charge < -0.3 is 0 Å². The maximum absolute atomic E-state index is 2.46. The van der Waals surface area contributed by atoms with Gasteiger partial charge >= 0.3 is 0 Å². The van der Waals surface area contributed by atoms with Gasteiger partial charge in [0.15, 0.2) is 0 Å². The van der Waals surface area contributed by atoms with E-state index in [1.807, 2.05) is 0 Å². The van der Waals surface area contributed by atoms with Crippen LogP contribution in [-0.2, 0) is 0 Å². The van der Waals surface area contributed by atoms with Crippen molar-refractivity contribution in [3.8, 4) is 0 Å². The molecular formula is C11H20. The molecule has 2 aliphatic carbocycles. The second kappa shape index (κ2) is 2.50. The number of hydrogen-bond acceptors (Lipinski definition) is 0. The van der Waals surface area contributed by atoms with Crippen LogP contribution < -0.4 is 0 Å². The van der Waals surface area contributed by atoms with E-state index in [-0.39, 0.29) is 0 Å². The van der Waals surface area contributed by atoms with Crippen LogP contribution in [0.3, 0.4) is 0 Å². The highest BCUT2D eigenvalue weighted by Gasteiger charge is 2.44. The Morgan fingerprint density at radius 3 is 1.82 bits per heavy atom. The third kappa shape index (κ3) is 1.11. The van der Waals surface area contributed by atoms with Crippen molar-refractivity contribution in [3.63, 3.8) is 0 Å². The van der Waals surface area contributed by atoms with E-state index in [1.165, 1.54) is 32.1 Å². The van der Waals surface area contributed by atoms with Gasteiger partial charge in [0.25, 0.3) is 0 Å². The molecule has 0 nitrogen and oxygen atoms in total. The number of hydrogen-bond donors (Lipinski definition) is 0. The van der Waals surface area contributed by atoms with Crippen molar-refractivity contribution < 1.29 is 0 Å². The van der Waals surface area contributed by atoms with Gasteiger partial charge in [-0.3, -0.25) is 0 Å². The highest BCUT2D eigenvalue weighted by Crippen LogP contribution is 2.56. The van der Waals surface area contributed by atoms with E-state index in [1.54, 1.807) is 6.42 Å². The molecule has 11 heavy (non-hydrogen) atoms. The molecule has 1 spiro atoms. The highest BCUT2D eigenvalue weighted by molar-refractivity contribution is 4.95. The van der Waals surface area contributed by atoms with Crippen LogP contribution in [0.5, 0.6) is 0 Å². The van der Waals surface area contributed by atoms with E-state index < -0.39 is 0 Å². The predicted octanol–water partition coefficient (Wildman–Crippen LogP) is 3.61. The molecule has 0 aromatic heterocycles. The first-order valence-corrected chi connectivity index (χ1v) is 5.23. The minimum absolute atomic E-state index is 0.840. The van der Waals surface area contributed by atoms with E-state index in [4.69, 9.17) is 0 Å². The molecule has 0 unspecified atom stereocenters. The van der Waals surface area contributed by atoms with Gasteiger partial charge in [-0.2, -0.15) is 0 Å². The van der Waals surface area contributed by atoms with Crippen LogP contribution in [0, 0.1) is 17.3 Å². The van der Waals surface area contributed by atoms with E-state index in [2.05, 4.69) is 13.8 Å². The molecule has 0 bridgehead atoms. The molecule has 1 atom stereocenters. The normalized spacial score (nSPS) is 50.7. The zero-order valence-electron chi connectivity index (χ0n) is 7.90. The summed E-state index contributed by atoms with van der Waals surface area (Å²) in [5.74, 6) is 2.07. The Morgan fingerprint density at radius 1 is 0.909 bits per heavy atom. The Balaban J connectivity index is 1.96. The minimum Gasteiger partial charge on any atom is -0.0625 e. The summed E-state index contributed by atoms with van der Waals surface area (Å²) in [5.41, 5.74) is 0.840. The zero-order chi connectivity index (χ0) is 7.90. The zero-order valence-corrected chi connectivity index (χ0v) is 7.90. The van der Waals surface area contributed by atoms with Gasteiger partial charge in [-0.1, -0.05) is 26.7 Å². The second-order valence-electron chi connectivity index (χ2n) is 4.98. The summed E-state index contributed by atoms with van der Waals surface area (Å²) in [6.07, 6.45) is 9.13. The molecule has 0 aromatic carbocycles. The molecule has 2 fully saturated rings. The topological polar surface area (TPSA) is 0 Å². The van der Waals surface area contributed by atoms with Gasteiger partial charge in [0.1, 0.15) is 0 Å². The standard InChI is InChI=1S/C11H20/c1-9-3-6-11(7-4-9)8-5-10(11)2/h9-10H,3-8H2,1-2H3/t9?,10-,11?/m0/s1. The summed E-state index contributed by atoms with van der Waals surface area (Å²) in [7, 11) is 0. The van der Waals surface area contributed by atoms with Gasteiger partial charge in [0, 0.05) is 0 Å². The molecule has 0 heteroatoms. The summed E-state index contributed by atoms with van der Waals surface area (Å²) in [5, 5.41) is 0. The van der Waals surface area contributed by atoms with Gasteiger partial charge in [-0.15, -0.1) is 0 Å². The first-order valence-electron chi connectivity index (χ1n) is 5.23. The minimum atomic E-state index is 0.840. The van der Waals surface area contributed by atoms with Crippen LogP contribution in [-0.4, -0.2) is 0 Å². The lowest BCUT2D eigenvalue weighted by Crippen LogP contribution is -2.41. The lowest BCUT2D eigenvalue weighted by Gasteiger charge is -2.52. The highest BCUT2D eigenvalue weighted by atomic mass is 14.5. The number of rotatable bonds is 0. The van der Waals surface area contributed by atoms with Gasteiger partial charge in [0.05, 0.1) is 0 Å². The van der Waals surface area contributed by atoms with Crippen molar-refractivity contribution in [2.75, 3.05) is 0 Å². The first kappa shape index (κ1) is 7.64. The Morgan fingerprint density at radius 2 is 1.45 bits per heavy atom.